The molecule has 10 aromatic rings. The lowest BCUT2D eigenvalue weighted by Crippen LogP contribution is -2.11. The average molecular weight is 627 g/mol. The maximum atomic E-state index is 6.43. The van der Waals surface area contributed by atoms with Crippen LogP contribution >= 0.6 is 0 Å². The molecule has 0 unspecified atom stereocenters. The number of furan rings is 1. The number of nitrogens with zero attached hydrogens (tertiary/aromatic N) is 2. The zero-order chi connectivity index (χ0) is 32.3. The van der Waals surface area contributed by atoms with Crippen LogP contribution in [-0.4, -0.2) is 4.57 Å². The van der Waals surface area contributed by atoms with Crippen LogP contribution in [-0.2, 0) is 0 Å². The van der Waals surface area contributed by atoms with Crippen LogP contribution in [0.15, 0.2) is 186 Å². The maximum Gasteiger partial charge on any atom is 0.137 e. The molecular weight excluding hydrogens is 597 g/mol. The van der Waals surface area contributed by atoms with Gasteiger partial charge < -0.3 is 13.9 Å². The van der Waals surface area contributed by atoms with Crippen molar-refractivity contribution in [3.05, 3.63) is 182 Å². The molecule has 2 heterocycles. The van der Waals surface area contributed by atoms with Crippen molar-refractivity contribution in [2.45, 2.75) is 0 Å². The Balaban J connectivity index is 1.28. The average Bonchev–Trinajstić information content (AvgIpc) is 3.71. The third kappa shape index (κ3) is 4.37. The predicted octanol–water partition coefficient (Wildman–Crippen LogP) is 13.0. The largest absolute Gasteiger partial charge is 0.456 e. The zero-order valence-electron chi connectivity index (χ0n) is 26.6. The summed E-state index contributed by atoms with van der Waals surface area (Å²) >= 11 is 0. The first-order valence-electron chi connectivity index (χ1n) is 16.7. The normalized spacial score (nSPS) is 11.7. The van der Waals surface area contributed by atoms with Crippen LogP contribution in [0.5, 0.6) is 0 Å². The molecule has 0 aliphatic heterocycles. The van der Waals surface area contributed by atoms with E-state index in [-0.39, 0.29) is 0 Å². The number of anilines is 3. The molecule has 0 fully saturated rings. The molecule has 0 bridgehead atoms. The van der Waals surface area contributed by atoms with Gasteiger partial charge in [0, 0.05) is 50.2 Å². The predicted molar refractivity (Wildman–Crippen MR) is 206 cm³/mol. The van der Waals surface area contributed by atoms with Crippen molar-refractivity contribution in [1.82, 2.24) is 4.57 Å². The van der Waals surface area contributed by atoms with E-state index in [4.69, 9.17) is 4.42 Å². The molecule has 3 nitrogen and oxygen atoms in total. The molecule has 0 spiro atoms. The highest BCUT2D eigenvalue weighted by Gasteiger charge is 2.21. The van der Waals surface area contributed by atoms with Crippen LogP contribution in [0.4, 0.5) is 17.1 Å². The number of benzene rings is 8. The van der Waals surface area contributed by atoms with Crippen LogP contribution in [0.3, 0.4) is 0 Å². The standard InChI is InChI=1S/C46H30N2O/c1-3-13-31(14-4-1)36-18-9-11-21-41(36)47(35-24-26-39-38-20-10-12-22-44(38)49-45(39)30-35)34-25-28-42-40(29-34)46-37-19-8-7-15-32(37)23-27-43(46)48(42)33-16-5-2-6-17-33/h1-30H. The molecule has 0 saturated carbocycles. The van der Waals surface area contributed by atoms with Gasteiger partial charge in [-0.25, -0.2) is 0 Å². The minimum Gasteiger partial charge on any atom is -0.456 e. The second-order valence-electron chi connectivity index (χ2n) is 12.6. The van der Waals surface area contributed by atoms with Crippen molar-refractivity contribution in [3.8, 4) is 16.8 Å². The highest BCUT2D eigenvalue weighted by molar-refractivity contribution is 6.22. The Hall–Kier alpha value is -6.58. The molecular formula is C46H30N2O. The fraction of sp³-hybridized carbons (Fsp3) is 0. The third-order valence-corrected chi connectivity index (χ3v) is 9.76. The van der Waals surface area contributed by atoms with Crippen LogP contribution in [0.1, 0.15) is 0 Å². The monoisotopic (exact) mass is 626 g/mol. The van der Waals surface area contributed by atoms with E-state index in [1.165, 1.54) is 38.1 Å². The molecule has 49 heavy (non-hydrogen) atoms. The quantitative estimate of drug-likeness (QED) is 0.190. The second-order valence-corrected chi connectivity index (χ2v) is 12.6. The lowest BCUT2D eigenvalue weighted by molar-refractivity contribution is 0.669. The molecule has 0 aliphatic rings. The smallest absolute Gasteiger partial charge is 0.137 e. The van der Waals surface area contributed by atoms with Gasteiger partial charge in [-0.15, -0.1) is 0 Å². The van der Waals surface area contributed by atoms with Gasteiger partial charge in [-0.05, 0) is 77.0 Å². The first-order valence-corrected chi connectivity index (χ1v) is 16.7. The summed E-state index contributed by atoms with van der Waals surface area (Å²) in [6.45, 7) is 0. The Bertz CT molecular complexity index is 2830. The third-order valence-electron chi connectivity index (χ3n) is 9.76. The second kappa shape index (κ2) is 11.0. The molecule has 0 saturated heterocycles. The van der Waals surface area contributed by atoms with Gasteiger partial charge in [0.05, 0.1) is 16.7 Å². The van der Waals surface area contributed by atoms with Crippen LogP contribution in [0, 0.1) is 0 Å². The summed E-state index contributed by atoms with van der Waals surface area (Å²) in [5.74, 6) is 0. The van der Waals surface area contributed by atoms with Crippen molar-refractivity contribution in [1.29, 1.82) is 0 Å². The molecule has 8 aromatic carbocycles. The number of hydrogen-bond acceptors (Lipinski definition) is 2. The van der Waals surface area contributed by atoms with Crippen molar-refractivity contribution in [2.24, 2.45) is 0 Å². The minimum atomic E-state index is 0.869. The van der Waals surface area contributed by atoms with E-state index in [0.29, 0.717) is 0 Å². The highest BCUT2D eigenvalue weighted by Crippen LogP contribution is 2.45. The van der Waals surface area contributed by atoms with E-state index >= 15 is 0 Å². The molecule has 10 rings (SSSR count). The summed E-state index contributed by atoms with van der Waals surface area (Å²) in [4.78, 5) is 2.38. The van der Waals surface area contributed by atoms with Gasteiger partial charge in [-0.3, -0.25) is 0 Å². The summed E-state index contributed by atoms with van der Waals surface area (Å²) in [7, 11) is 0. The number of para-hydroxylation sites is 3. The Morgan fingerprint density at radius 3 is 1.96 bits per heavy atom. The van der Waals surface area contributed by atoms with Gasteiger partial charge in [0.15, 0.2) is 0 Å². The van der Waals surface area contributed by atoms with Gasteiger partial charge in [0.1, 0.15) is 11.2 Å². The van der Waals surface area contributed by atoms with Crippen LogP contribution < -0.4 is 4.90 Å². The van der Waals surface area contributed by atoms with E-state index in [1.54, 1.807) is 0 Å². The van der Waals surface area contributed by atoms with Gasteiger partial charge in [-0.2, -0.15) is 0 Å². The number of rotatable bonds is 5. The van der Waals surface area contributed by atoms with Crippen LogP contribution in [0.2, 0.25) is 0 Å². The minimum absolute atomic E-state index is 0.869. The SMILES string of the molecule is c1ccc(-c2ccccc2N(c2ccc3c(c2)oc2ccccc23)c2ccc3c(c2)c2c4ccccc4ccc2n3-c2ccccc2)cc1. The fourth-order valence-corrected chi connectivity index (χ4v) is 7.58. The van der Waals surface area contributed by atoms with Gasteiger partial charge in [0.25, 0.3) is 0 Å². The van der Waals surface area contributed by atoms with Crippen molar-refractivity contribution in [3.63, 3.8) is 0 Å². The summed E-state index contributed by atoms with van der Waals surface area (Å²) in [6, 6.07) is 65.0. The van der Waals surface area contributed by atoms with Crippen molar-refractivity contribution < 1.29 is 4.42 Å². The highest BCUT2D eigenvalue weighted by atomic mass is 16.3. The Kier molecular flexibility index (Phi) is 6.18. The lowest BCUT2D eigenvalue weighted by atomic mass is 10.0. The molecule has 230 valence electrons. The van der Waals surface area contributed by atoms with Crippen molar-refractivity contribution >= 4 is 71.6 Å². The van der Waals surface area contributed by atoms with Gasteiger partial charge in [0.2, 0.25) is 0 Å². The number of aromatic nitrogens is 1. The van der Waals surface area contributed by atoms with Gasteiger partial charge >= 0.3 is 0 Å². The summed E-state index contributed by atoms with van der Waals surface area (Å²) in [6.07, 6.45) is 0. The Morgan fingerprint density at radius 2 is 1.08 bits per heavy atom. The molecule has 0 atom stereocenters. The van der Waals surface area contributed by atoms with E-state index in [0.717, 1.165) is 50.3 Å². The fourth-order valence-electron chi connectivity index (χ4n) is 7.58. The van der Waals surface area contributed by atoms with Gasteiger partial charge in [-0.1, -0.05) is 115 Å². The maximum absolute atomic E-state index is 6.43. The van der Waals surface area contributed by atoms with Crippen LogP contribution in [0.25, 0.3) is 71.3 Å². The Labute approximate surface area is 283 Å². The van der Waals surface area contributed by atoms with Crippen molar-refractivity contribution in [2.75, 3.05) is 4.90 Å². The first-order chi connectivity index (χ1) is 24.3. The molecule has 0 aliphatic carbocycles. The van der Waals surface area contributed by atoms with E-state index in [1.807, 2.05) is 12.1 Å². The summed E-state index contributed by atoms with van der Waals surface area (Å²) in [5, 5.41) is 7.18. The topological polar surface area (TPSA) is 21.3 Å². The molecule has 3 heteroatoms. The van der Waals surface area contributed by atoms with E-state index < -0.39 is 0 Å². The number of hydrogen-bond donors (Lipinski definition) is 0. The number of fused-ring (bicyclic) bond motifs is 8. The Morgan fingerprint density at radius 1 is 0.429 bits per heavy atom. The lowest BCUT2D eigenvalue weighted by Gasteiger charge is -2.28. The first kappa shape index (κ1) is 27.5. The molecule has 0 amide bonds. The molecule has 0 radical (unpaired) electrons. The molecule has 2 aromatic heterocycles. The van der Waals surface area contributed by atoms with E-state index in [2.05, 4.69) is 179 Å². The summed E-state index contributed by atoms with van der Waals surface area (Å²) in [5.41, 5.74) is 10.8. The zero-order valence-corrected chi connectivity index (χ0v) is 26.6. The molecule has 0 N–H and O–H groups in total. The van der Waals surface area contributed by atoms with E-state index in [9.17, 15) is 0 Å². The summed E-state index contributed by atoms with van der Waals surface area (Å²) < 4.78 is 8.82.